The average molecular weight is 267 g/mol. The van der Waals surface area contributed by atoms with Crippen LogP contribution in [0.25, 0.3) is 0 Å². The Morgan fingerprint density at radius 1 is 1.26 bits per heavy atom. The molecule has 0 bridgehead atoms. The van der Waals surface area contributed by atoms with Crippen LogP contribution in [0.5, 0.6) is 0 Å². The van der Waals surface area contributed by atoms with E-state index in [0.717, 1.165) is 37.3 Å². The summed E-state index contributed by atoms with van der Waals surface area (Å²) in [5.74, 6) is -0.692. The van der Waals surface area contributed by atoms with Gasteiger partial charge in [-0.2, -0.15) is 0 Å². The molecule has 0 radical (unpaired) electrons. The number of amides is 3. The number of nitrogens with zero attached hydrogens (tertiary/aromatic N) is 2. The number of piperidine rings is 1. The van der Waals surface area contributed by atoms with Gasteiger partial charge >= 0.3 is 0 Å². The molecule has 6 nitrogen and oxygen atoms in total. The van der Waals surface area contributed by atoms with E-state index in [-0.39, 0.29) is 36.9 Å². The Balaban J connectivity index is 1.97. The highest BCUT2D eigenvalue weighted by atomic mass is 16.2. The number of piperazine rings is 1. The van der Waals surface area contributed by atoms with Crippen molar-refractivity contribution in [2.24, 2.45) is 0 Å². The number of carbonyl (C=O) groups excluding carboxylic acids is 3. The summed E-state index contributed by atoms with van der Waals surface area (Å²) in [5, 5.41) is 2.89. The first-order chi connectivity index (χ1) is 9.13. The van der Waals surface area contributed by atoms with E-state index in [9.17, 15) is 14.4 Å². The molecule has 1 unspecified atom stereocenters. The predicted octanol–water partition coefficient (Wildman–Crippen LogP) is -0.264. The van der Waals surface area contributed by atoms with Gasteiger partial charge in [0, 0.05) is 13.1 Å². The molecule has 19 heavy (non-hydrogen) atoms. The minimum Gasteiger partial charge on any atom is -0.341 e. The van der Waals surface area contributed by atoms with Crippen molar-refractivity contribution in [2.75, 3.05) is 26.2 Å². The quantitative estimate of drug-likeness (QED) is 0.715. The molecule has 3 amide bonds. The summed E-state index contributed by atoms with van der Waals surface area (Å²) in [6.45, 7) is 3.40. The van der Waals surface area contributed by atoms with Gasteiger partial charge in [-0.15, -0.1) is 0 Å². The van der Waals surface area contributed by atoms with E-state index in [1.165, 1.54) is 0 Å². The van der Waals surface area contributed by atoms with Gasteiger partial charge in [-0.25, -0.2) is 0 Å². The maximum atomic E-state index is 12.1. The topological polar surface area (TPSA) is 69.7 Å². The van der Waals surface area contributed by atoms with Gasteiger partial charge in [0.15, 0.2) is 0 Å². The summed E-state index contributed by atoms with van der Waals surface area (Å²) in [4.78, 5) is 38.8. The third kappa shape index (κ3) is 3.12. The van der Waals surface area contributed by atoms with Gasteiger partial charge in [0.2, 0.25) is 17.7 Å². The monoisotopic (exact) mass is 267 g/mol. The second kappa shape index (κ2) is 6.14. The summed E-state index contributed by atoms with van der Waals surface area (Å²) >= 11 is 0. The van der Waals surface area contributed by atoms with E-state index in [1.54, 1.807) is 4.90 Å². The maximum absolute atomic E-state index is 12.1. The van der Waals surface area contributed by atoms with Gasteiger partial charge in [0.05, 0.1) is 12.6 Å². The Labute approximate surface area is 113 Å². The molecule has 0 aliphatic carbocycles. The van der Waals surface area contributed by atoms with Crippen LogP contribution < -0.4 is 5.32 Å². The van der Waals surface area contributed by atoms with Gasteiger partial charge in [0.25, 0.3) is 0 Å². The highest BCUT2D eigenvalue weighted by Crippen LogP contribution is 2.11. The second-order valence-electron chi connectivity index (χ2n) is 5.10. The van der Waals surface area contributed by atoms with Crippen LogP contribution >= 0.6 is 0 Å². The summed E-state index contributed by atoms with van der Waals surface area (Å²) in [6.07, 6.45) is 3.78. The number of hydrogen-bond acceptors (Lipinski definition) is 4. The van der Waals surface area contributed by atoms with Crippen LogP contribution in [0, 0.1) is 0 Å². The van der Waals surface area contributed by atoms with Crippen LogP contribution in [0.15, 0.2) is 0 Å². The number of nitrogens with one attached hydrogen (secondary N) is 1. The summed E-state index contributed by atoms with van der Waals surface area (Å²) in [5.41, 5.74) is 0. The molecular formula is C13H21N3O3. The van der Waals surface area contributed by atoms with Gasteiger partial charge in [0.1, 0.15) is 6.54 Å². The van der Waals surface area contributed by atoms with Crippen LogP contribution in [-0.4, -0.2) is 59.7 Å². The molecule has 2 fully saturated rings. The molecule has 106 valence electrons. The minimum absolute atomic E-state index is 0.101. The molecular weight excluding hydrogens is 246 g/mol. The summed E-state index contributed by atoms with van der Waals surface area (Å²) in [7, 11) is 0. The first kappa shape index (κ1) is 14.0. The molecule has 1 N–H and O–H groups in total. The maximum Gasteiger partial charge on any atom is 0.246 e. The molecule has 2 aliphatic heterocycles. The fraction of sp³-hybridized carbons (Fsp3) is 0.769. The van der Waals surface area contributed by atoms with E-state index in [2.05, 4.69) is 5.32 Å². The fourth-order valence-corrected chi connectivity index (χ4v) is 2.57. The predicted molar refractivity (Wildman–Crippen MR) is 69.2 cm³/mol. The molecule has 6 heteroatoms. The number of imide groups is 1. The lowest BCUT2D eigenvalue weighted by Crippen LogP contribution is -2.60. The van der Waals surface area contributed by atoms with E-state index in [4.69, 9.17) is 0 Å². The lowest BCUT2D eigenvalue weighted by Gasteiger charge is -2.33. The van der Waals surface area contributed by atoms with Crippen molar-refractivity contribution >= 4 is 17.7 Å². The molecule has 1 atom stereocenters. The van der Waals surface area contributed by atoms with Crippen molar-refractivity contribution in [1.82, 2.24) is 15.1 Å². The number of rotatable bonds is 3. The summed E-state index contributed by atoms with van der Waals surface area (Å²) in [6, 6.07) is -0.341. The molecule has 0 aromatic rings. The van der Waals surface area contributed by atoms with Crippen molar-refractivity contribution < 1.29 is 14.4 Å². The third-order valence-corrected chi connectivity index (χ3v) is 3.78. The summed E-state index contributed by atoms with van der Waals surface area (Å²) < 4.78 is 0. The smallest absolute Gasteiger partial charge is 0.246 e. The van der Waals surface area contributed by atoms with Crippen molar-refractivity contribution in [3.8, 4) is 0 Å². The Morgan fingerprint density at radius 3 is 2.58 bits per heavy atom. The first-order valence-electron chi connectivity index (χ1n) is 6.99. The zero-order chi connectivity index (χ0) is 13.8. The zero-order valence-electron chi connectivity index (χ0n) is 11.4. The van der Waals surface area contributed by atoms with Gasteiger partial charge in [-0.1, -0.05) is 6.92 Å². The normalized spacial score (nSPS) is 24.8. The largest absolute Gasteiger partial charge is 0.341 e. The number of carbonyl (C=O) groups is 3. The van der Waals surface area contributed by atoms with Gasteiger partial charge in [-0.05, 0) is 25.7 Å². The van der Waals surface area contributed by atoms with Crippen LogP contribution in [0.1, 0.15) is 32.6 Å². The van der Waals surface area contributed by atoms with Crippen molar-refractivity contribution in [1.29, 1.82) is 0 Å². The van der Waals surface area contributed by atoms with Gasteiger partial charge < -0.3 is 4.90 Å². The van der Waals surface area contributed by atoms with E-state index in [1.807, 2.05) is 6.92 Å². The highest BCUT2D eigenvalue weighted by Gasteiger charge is 2.34. The number of likely N-dealkylation sites (tertiary alicyclic amines) is 1. The zero-order valence-corrected chi connectivity index (χ0v) is 11.4. The average Bonchev–Trinajstić information content (AvgIpc) is 2.44. The Bertz CT molecular complexity index is 377. The van der Waals surface area contributed by atoms with E-state index in [0.29, 0.717) is 6.42 Å². The van der Waals surface area contributed by atoms with Crippen LogP contribution in [0.3, 0.4) is 0 Å². The lowest BCUT2D eigenvalue weighted by molar-refractivity contribution is -0.154. The highest BCUT2D eigenvalue weighted by molar-refractivity contribution is 6.03. The molecule has 2 heterocycles. The fourth-order valence-electron chi connectivity index (χ4n) is 2.57. The Hall–Kier alpha value is -1.43. The molecule has 0 aromatic carbocycles. The van der Waals surface area contributed by atoms with E-state index < -0.39 is 0 Å². The van der Waals surface area contributed by atoms with Crippen LogP contribution in [0.4, 0.5) is 0 Å². The Kier molecular flexibility index (Phi) is 4.52. The van der Waals surface area contributed by atoms with Gasteiger partial charge in [-0.3, -0.25) is 24.6 Å². The van der Waals surface area contributed by atoms with Crippen molar-refractivity contribution in [2.45, 2.75) is 38.6 Å². The molecule has 2 aliphatic rings. The molecule has 0 spiro atoms. The lowest BCUT2D eigenvalue weighted by atomic mass is 10.1. The van der Waals surface area contributed by atoms with E-state index >= 15 is 0 Å². The molecule has 0 aromatic heterocycles. The minimum atomic E-state index is -0.341. The van der Waals surface area contributed by atoms with Crippen molar-refractivity contribution in [3.63, 3.8) is 0 Å². The van der Waals surface area contributed by atoms with Crippen LogP contribution in [0.2, 0.25) is 0 Å². The second-order valence-corrected chi connectivity index (χ2v) is 5.10. The van der Waals surface area contributed by atoms with Crippen LogP contribution in [-0.2, 0) is 14.4 Å². The third-order valence-electron chi connectivity index (χ3n) is 3.78. The molecule has 2 saturated heterocycles. The molecule has 2 rings (SSSR count). The standard InChI is InChI=1S/C13H21N3O3/c1-2-10-13(19)16(11(17)8-14-10)9-12(18)15-6-4-3-5-7-15/h10,14H,2-9H2,1H3. The SMILES string of the molecule is CCC1NCC(=O)N(CC(=O)N2CCCCC2)C1=O. The first-order valence-corrected chi connectivity index (χ1v) is 6.99. The van der Waals surface area contributed by atoms with Crippen molar-refractivity contribution in [3.05, 3.63) is 0 Å². The number of hydrogen-bond donors (Lipinski definition) is 1. The molecule has 0 saturated carbocycles. The Morgan fingerprint density at radius 2 is 1.95 bits per heavy atom.